The third-order valence-corrected chi connectivity index (χ3v) is 8.83. The number of piperidine rings is 1. The number of hydrogen-bond acceptors (Lipinski definition) is 8. The largest absolute Gasteiger partial charge is 0.490 e. The summed E-state index contributed by atoms with van der Waals surface area (Å²) >= 11 is 12.7. The maximum Gasteiger partial charge on any atom is 0.490 e. The second kappa shape index (κ2) is 13.8. The van der Waals surface area contributed by atoms with Crippen molar-refractivity contribution in [1.82, 2.24) is 10.2 Å². The lowest BCUT2D eigenvalue weighted by Crippen LogP contribution is -2.50. The molecule has 0 radical (unpaired) electrons. The van der Waals surface area contributed by atoms with Gasteiger partial charge in [-0.3, -0.25) is 9.69 Å². The molecule has 2 aromatic carbocycles. The molecule has 2 aliphatic heterocycles. The fourth-order valence-electron chi connectivity index (χ4n) is 5.66. The second-order valence-corrected chi connectivity index (χ2v) is 14.4. The van der Waals surface area contributed by atoms with E-state index in [0.717, 1.165) is 22.9 Å². The van der Waals surface area contributed by atoms with Crippen molar-refractivity contribution in [3.05, 3.63) is 51.0 Å². The fourth-order valence-corrected chi connectivity index (χ4v) is 6.10. The van der Waals surface area contributed by atoms with Crippen molar-refractivity contribution in [2.24, 2.45) is 0 Å². The molecule has 2 N–H and O–H groups in total. The van der Waals surface area contributed by atoms with E-state index in [1.807, 2.05) is 17.0 Å². The number of halogens is 5. The number of nitrogens with zero attached hydrogens (tertiary/aromatic N) is 1. The molecular weight excluding hydrogens is 680 g/mol. The van der Waals surface area contributed by atoms with E-state index in [1.54, 1.807) is 0 Å². The number of esters is 1. The van der Waals surface area contributed by atoms with Gasteiger partial charge in [0.25, 0.3) is 5.91 Å². The highest BCUT2D eigenvalue weighted by molar-refractivity contribution is 6.32. The molecular formula is C33H39Cl2F3N2O8. The van der Waals surface area contributed by atoms with Crippen LogP contribution in [-0.2, 0) is 26.2 Å². The van der Waals surface area contributed by atoms with Crippen molar-refractivity contribution in [3.63, 3.8) is 0 Å². The summed E-state index contributed by atoms with van der Waals surface area (Å²) in [5.41, 5.74) is -0.537. The van der Waals surface area contributed by atoms with Gasteiger partial charge in [0.1, 0.15) is 35.6 Å². The third-order valence-electron chi connectivity index (χ3n) is 8.31. The Bertz CT molecular complexity index is 1570. The molecule has 15 heteroatoms. The van der Waals surface area contributed by atoms with E-state index in [4.69, 9.17) is 42.1 Å². The highest BCUT2D eigenvalue weighted by atomic mass is 35.5. The Morgan fingerprint density at radius 2 is 1.69 bits per heavy atom. The summed E-state index contributed by atoms with van der Waals surface area (Å²) in [6.45, 7) is 8.96. The summed E-state index contributed by atoms with van der Waals surface area (Å²) in [6, 6.07) is 6.16. The third kappa shape index (κ3) is 8.59. The monoisotopic (exact) mass is 718 g/mol. The number of hydrogen-bond donors (Lipinski definition) is 2. The van der Waals surface area contributed by atoms with Gasteiger partial charge < -0.3 is 29.4 Å². The molecule has 0 aliphatic carbocycles. The zero-order valence-electron chi connectivity index (χ0n) is 27.5. The van der Waals surface area contributed by atoms with E-state index in [1.165, 1.54) is 27.0 Å². The molecule has 1 amide bonds. The predicted octanol–water partition coefficient (Wildman–Crippen LogP) is 6.22. The predicted molar refractivity (Wildman–Crippen MR) is 172 cm³/mol. The first-order valence-electron chi connectivity index (χ1n) is 15.3. The number of benzene rings is 2. The Hall–Kier alpha value is -3.42. The van der Waals surface area contributed by atoms with Crippen LogP contribution in [0.25, 0.3) is 0 Å². The van der Waals surface area contributed by atoms with E-state index in [2.05, 4.69) is 26.1 Å². The van der Waals surface area contributed by atoms with E-state index < -0.39 is 47.9 Å². The van der Waals surface area contributed by atoms with Crippen LogP contribution < -0.4 is 19.5 Å². The number of carboxylic acids is 1. The molecule has 10 nitrogen and oxygen atoms in total. The number of fused-ring (bicyclic) bond motifs is 1. The van der Waals surface area contributed by atoms with Crippen molar-refractivity contribution in [2.75, 3.05) is 33.3 Å². The molecule has 264 valence electrons. The van der Waals surface area contributed by atoms with Crippen molar-refractivity contribution >= 4 is 41.0 Å². The number of rotatable bonds is 10. The molecule has 1 saturated heterocycles. The zero-order chi connectivity index (χ0) is 35.8. The van der Waals surface area contributed by atoms with Crippen LogP contribution in [0.15, 0.2) is 24.3 Å². The number of likely N-dealkylation sites (tertiary alicyclic amines) is 1. The Balaban J connectivity index is 1.52. The van der Waals surface area contributed by atoms with Crippen LogP contribution >= 0.6 is 23.2 Å². The maximum absolute atomic E-state index is 13.3. The number of amides is 1. The lowest BCUT2D eigenvalue weighted by molar-refractivity contribution is -0.206. The van der Waals surface area contributed by atoms with Gasteiger partial charge in [0, 0.05) is 62.6 Å². The minimum Gasteiger partial charge on any atom is -0.489 e. The van der Waals surface area contributed by atoms with Crippen LogP contribution in [0, 0.1) is 0 Å². The highest BCUT2D eigenvalue weighted by Crippen LogP contribution is 2.47. The molecule has 2 aliphatic rings. The van der Waals surface area contributed by atoms with Gasteiger partial charge in [-0.2, -0.15) is 13.2 Å². The minimum atomic E-state index is -5.25. The number of alkyl halides is 3. The molecule has 1 atom stereocenters. The molecule has 0 saturated carbocycles. The van der Waals surface area contributed by atoms with Gasteiger partial charge in [0.05, 0.1) is 10.6 Å². The number of ether oxygens (including phenoxy) is 4. The Labute approximate surface area is 286 Å². The van der Waals surface area contributed by atoms with Gasteiger partial charge in [-0.25, -0.2) is 9.59 Å². The van der Waals surface area contributed by atoms with Crippen molar-refractivity contribution < 1.29 is 51.6 Å². The van der Waals surface area contributed by atoms with Crippen LogP contribution in [0.5, 0.6) is 17.2 Å². The average Bonchev–Trinajstić information content (AvgIpc) is 3.33. The Morgan fingerprint density at radius 1 is 1.04 bits per heavy atom. The average molecular weight is 720 g/mol. The number of carbonyl (C=O) groups excluding carboxylic acids is 2. The first kappa shape index (κ1) is 37.4. The Kier molecular flexibility index (Phi) is 10.8. The fraction of sp³-hybridized carbons (Fsp3) is 0.545. The van der Waals surface area contributed by atoms with Gasteiger partial charge >= 0.3 is 18.1 Å². The minimum absolute atomic E-state index is 0.100. The van der Waals surface area contributed by atoms with E-state index in [9.17, 15) is 32.7 Å². The van der Waals surface area contributed by atoms with Crippen molar-refractivity contribution in [2.45, 2.75) is 82.8 Å². The molecule has 0 unspecified atom stereocenters. The van der Waals surface area contributed by atoms with E-state index in [-0.39, 0.29) is 34.0 Å². The first-order valence-corrected chi connectivity index (χ1v) is 16.0. The van der Waals surface area contributed by atoms with Crippen LogP contribution in [0.1, 0.15) is 68.9 Å². The zero-order valence-corrected chi connectivity index (χ0v) is 29.0. The van der Waals surface area contributed by atoms with Crippen molar-refractivity contribution in [1.29, 1.82) is 0 Å². The highest BCUT2D eigenvalue weighted by Gasteiger charge is 2.46. The molecule has 0 aromatic heterocycles. The van der Waals surface area contributed by atoms with Gasteiger partial charge in [-0.05, 0) is 43.0 Å². The molecule has 0 bridgehead atoms. The van der Waals surface area contributed by atoms with Crippen LogP contribution in [0.4, 0.5) is 13.2 Å². The van der Waals surface area contributed by atoms with Gasteiger partial charge in [-0.1, -0.05) is 44.0 Å². The lowest BCUT2D eigenvalue weighted by atomic mass is 9.84. The number of aliphatic carboxylic acids is 1. The Morgan fingerprint density at radius 3 is 2.25 bits per heavy atom. The van der Waals surface area contributed by atoms with Crippen LogP contribution in [0.2, 0.25) is 10.0 Å². The van der Waals surface area contributed by atoms with Crippen LogP contribution in [0.3, 0.4) is 0 Å². The number of nitrogens with one attached hydrogen (secondary N) is 1. The summed E-state index contributed by atoms with van der Waals surface area (Å²) < 4.78 is 62.6. The second-order valence-electron chi connectivity index (χ2n) is 13.6. The van der Waals surface area contributed by atoms with E-state index >= 15 is 0 Å². The molecule has 2 heterocycles. The maximum atomic E-state index is 13.3. The SMILES string of the molecule is CNC(=O)c1cc(Cl)c(OC(C)(C)C(=O)O)cc1OC[C@H](CN1CCC2(CC1)Cc1cc(Cl)cc(C(C)(C)C)c1O2)OC(=O)C(F)(F)F. The van der Waals surface area contributed by atoms with Gasteiger partial charge in [-0.15, -0.1) is 0 Å². The molecule has 4 rings (SSSR count). The summed E-state index contributed by atoms with van der Waals surface area (Å²) in [5, 5.41) is 12.4. The summed E-state index contributed by atoms with van der Waals surface area (Å²) in [7, 11) is 1.35. The van der Waals surface area contributed by atoms with Gasteiger partial charge in [0.15, 0.2) is 5.60 Å². The van der Waals surface area contributed by atoms with Crippen LogP contribution in [-0.4, -0.2) is 84.6 Å². The summed E-state index contributed by atoms with van der Waals surface area (Å²) in [4.78, 5) is 38.0. The van der Waals surface area contributed by atoms with Crippen molar-refractivity contribution in [3.8, 4) is 17.2 Å². The number of carboxylic acid groups (broad SMARTS) is 1. The van der Waals surface area contributed by atoms with Gasteiger partial charge in [0.2, 0.25) is 0 Å². The molecule has 1 spiro atoms. The molecule has 48 heavy (non-hydrogen) atoms. The summed E-state index contributed by atoms with van der Waals surface area (Å²) in [6.07, 6.45) is -4.91. The number of carbonyl (C=O) groups is 3. The quantitative estimate of drug-likeness (QED) is 0.276. The summed E-state index contributed by atoms with van der Waals surface area (Å²) in [5.74, 6) is -3.84. The lowest BCUT2D eigenvalue weighted by Gasteiger charge is -2.40. The van der Waals surface area contributed by atoms with E-state index in [0.29, 0.717) is 37.4 Å². The standard InChI is InChI=1S/C33H39Cl2F3N2O8/c1-30(2,3)22-12-19(34)11-18-15-32(48-26(18)22)7-9-40(10-8-32)16-20(46-29(44)33(36,37)38)17-45-24-14-25(47-31(4,5)28(42)43)23(35)13-21(24)27(41)39-6/h11-14,20H,7-10,15-17H2,1-6H3,(H,39,41)(H,42,43)/t20-/m0/s1. The first-order chi connectivity index (χ1) is 22.1. The topological polar surface area (TPSA) is 124 Å². The normalized spacial score (nSPS) is 16.9. The molecule has 2 aromatic rings. The smallest absolute Gasteiger partial charge is 0.489 e. The molecule has 1 fully saturated rings.